The first-order valence-corrected chi connectivity index (χ1v) is 6.27. The van der Waals surface area contributed by atoms with Gasteiger partial charge in [-0.05, 0) is 38.3 Å². The van der Waals surface area contributed by atoms with Crippen LogP contribution in [0, 0.1) is 0 Å². The van der Waals surface area contributed by atoms with Gasteiger partial charge in [0, 0.05) is 0 Å². The van der Waals surface area contributed by atoms with E-state index in [0.29, 0.717) is 18.2 Å². The fourth-order valence-electron chi connectivity index (χ4n) is 1.43. The van der Waals surface area contributed by atoms with Gasteiger partial charge < -0.3 is 15.2 Å². The predicted octanol–water partition coefficient (Wildman–Crippen LogP) is 2.92. The number of benzene rings is 1. The third-order valence-corrected chi connectivity index (χ3v) is 2.43. The number of nitrogens with two attached hydrogens (primary N) is 1. The second kappa shape index (κ2) is 7.90. The summed E-state index contributed by atoms with van der Waals surface area (Å²) < 4.78 is 11.1. The van der Waals surface area contributed by atoms with Crippen LogP contribution in [0.5, 0.6) is 11.5 Å². The SMILES string of the molecule is CCOc1ccccc1OCCCCC(N)=S. The Kier molecular flexibility index (Phi) is 6.40. The van der Waals surface area contributed by atoms with Crippen LogP contribution in [0.15, 0.2) is 24.3 Å². The summed E-state index contributed by atoms with van der Waals surface area (Å²) in [7, 11) is 0. The van der Waals surface area contributed by atoms with Crippen LogP contribution in [-0.2, 0) is 0 Å². The molecule has 1 aromatic rings. The van der Waals surface area contributed by atoms with Crippen LogP contribution in [-0.4, -0.2) is 18.2 Å². The number of ether oxygens (including phenoxy) is 2. The van der Waals surface area contributed by atoms with E-state index in [2.05, 4.69) is 0 Å². The molecule has 0 saturated carbocycles. The Morgan fingerprint density at radius 1 is 1.18 bits per heavy atom. The van der Waals surface area contributed by atoms with Crippen molar-refractivity contribution in [2.45, 2.75) is 26.2 Å². The lowest BCUT2D eigenvalue weighted by Gasteiger charge is -2.11. The standard InChI is InChI=1S/C13H19NO2S/c1-2-15-11-7-3-4-8-12(11)16-10-6-5-9-13(14)17/h3-4,7-8H,2,5-6,9-10H2,1H3,(H2,14,17). The van der Waals surface area contributed by atoms with E-state index >= 15 is 0 Å². The molecule has 3 nitrogen and oxygen atoms in total. The first kappa shape index (κ1) is 13.8. The molecule has 0 aliphatic heterocycles. The van der Waals surface area contributed by atoms with Crippen molar-refractivity contribution in [3.63, 3.8) is 0 Å². The fraction of sp³-hybridized carbons (Fsp3) is 0.462. The molecule has 0 atom stereocenters. The van der Waals surface area contributed by atoms with Crippen LogP contribution in [0.3, 0.4) is 0 Å². The van der Waals surface area contributed by atoms with Crippen LogP contribution in [0.25, 0.3) is 0 Å². The van der Waals surface area contributed by atoms with E-state index in [9.17, 15) is 0 Å². The quantitative estimate of drug-likeness (QED) is 0.571. The van der Waals surface area contributed by atoms with Gasteiger partial charge in [-0.2, -0.15) is 0 Å². The predicted molar refractivity (Wildman–Crippen MR) is 73.7 cm³/mol. The average molecular weight is 253 g/mol. The van der Waals surface area contributed by atoms with Gasteiger partial charge in [0.2, 0.25) is 0 Å². The van der Waals surface area contributed by atoms with E-state index < -0.39 is 0 Å². The summed E-state index contributed by atoms with van der Waals surface area (Å²) in [6, 6.07) is 7.70. The van der Waals surface area contributed by atoms with Gasteiger partial charge in [0.15, 0.2) is 11.5 Å². The minimum atomic E-state index is 0.569. The summed E-state index contributed by atoms with van der Waals surface area (Å²) in [6.07, 6.45) is 2.69. The van der Waals surface area contributed by atoms with Crippen molar-refractivity contribution in [2.24, 2.45) is 5.73 Å². The maximum absolute atomic E-state index is 5.66. The number of rotatable bonds is 8. The largest absolute Gasteiger partial charge is 0.490 e. The van der Waals surface area contributed by atoms with E-state index in [-0.39, 0.29) is 0 Å². The van der Waals surface area contributed by atoms with Crippen LogP contribution < -0.4 is 15.2 Å². The minimum Gasteiger partial charge on any atom is -0.490 e. The summed E-state index contributed by atoms with van der Waals surface area (Å²) in [5.41, 5.74) is 5.42. The van der Waals surface area contributed by atoms with Crippen molar-refractivity contribution >= 4 is 17.2 Å². The zero-order valence-corrected chi connectivity index (χ0v) is 11.0. The lowest BCUT2D eigenvalue weighted by atomic mass is 10.2. The first-order chi connectivity index (χ1) is 8.24. The molecule has 0 amide bonds. The molecule has 0 aromatic heterocycles. The molecule has 0 unspecified atom stereocenters. The van der Waals surface area contributed by atoms with Crippen molar-refractivity contribution in [1.29, 1.82) is 0 Å². The molecule has 0 aliphatic carbocycles. The highest BCUT2D eigenvalue weighted by Gasteiger charge is 2.02. The average Bonchev–Trinajstić information content (AvgIpc) is 2.31. The van der Waals surface area contributed by atoms with Gasteiger partial charge in [-0.25, -0.2) is 0 Å². The molecule has 2 N–H and O–H groups in total. The van der Waals surface area contributed by atoms with Crippen LogP contribution in [0.1, 0.15) is 26.2 Å². The lowest BCUT2D eigenvalue weighted by molar-refractivity contribution is 0.272. The Balaban J connectivity index is 2.33. The molecule has 0 spiro atoms. The van der Waals surface area contributed by atoms with Crippen molar-refractivity contribution in [3.05, 3.63) is 24.3 Å². The van der Waals surface area contributed by atoms with Crippen LogP contribution in [0.2, 0.25) is 0 Å². The maximum atomic E-state index is 5.66. The van der Waals surface area contributed by atoms with Gasteiger partial charge >= 0.3 is 0 Å². The monoisotopic (exact) mass is 253 g/mol. The summed E-state index contributed by atoms with van der Waals surface area (Å²) in [6.45, 7) is 3.26. The number of thiocarbonyl (C=S) groups is 1. The molecule has 0 radical (unpaired) electrons. The third-order valence-electron chi connectivity index (χ3n) is 2.22. The van der Waals surface area contributed by atoms with Gasteiger partial charge in [-0.3, -0.25) is 0 Å². The van der Waals surface area contributed by atoms with Crippen molar-refractivity contribution in [3.8, 4) is 11.5 Å². The Morgan fingerprint density at radius 3 is 2.41 bits per heavy atom. The number of para-hydroxylation sites is 2. The highest BCUT2D eigenvalue weighted by Crippen LogP contribution is 2.26. The second-order valence-electron chi connectivity index (χ2n) is 3.65. The normalized spacial score (nSPS) is 9.94. The molecule has 1 rings (SSSR count). The fourth-order valence-corrected chi connectivity index (χ4v) is 1.57. The van der Waals surface area contributed by atoms with E-state index in [0.717, 1.165) is 30.8 Å². The van der Waals surface area contributed by atoms with E-state index in [1.165, 1.54) is 0 Å². The zero-order chi connectivity index (χ0) is 12.5. The molecular weight excluding hydrogens is 234 g/mol. The van der Waals surface area contributed by atoms with E-state index in [1.54, 1.807) is 0 Å². The highest BCUT2D eigenvalue weighted by molar-refractivity contribution is 7.80. The summed E-state index contributed by atoms with van der Waals surface area (Å²) in [4.78, 5) is 0.569. The Bertz CT molecular complexity index is 355. The minimum absolute atomic E-state index is 0.569. The molecule has 94 valence electrons. The smallest absolute Gasteiger partial charge is 0.161 e. The molecule has 4 heteroatoms. The highest BCUT2D eigenvalue weighted by atomic mass is 32.1. The van der Waals surface area contributed by atoms with Crippen molar-refractivity contribution in [2.75, 3.05) is 13.2 Å². The molecular formula is C13H19NO2S. The third kappa shape index (κ3) is 5.54. The van der Waals surface area contributed by atoms with E-state index in [1.807, 2.05) is 31.2 Å². The zero-order valence-electron chi connectivity index (χ0n) is 10.1. The molecule has 0 saturated heterocycles. The molecule has 0 aliphatic rings. The second-order valence-corrected chi connectivity index (χ2v) is 4.18. The van der Waals surface area contributed by atoms with Crippen LogP contribution >= 0.6 is 12.2 Å². The first-order valence-electron chi connectivity index (χ1n) is 5.87. The van der Waals surface area contributed by atoms with Crippen molar-refractivity contribution < 1.29 is 9.47 Å². The number of hydrogen-bond donors (Lipinski definition) is 1. The number of unbranched alkanes of at least 4 members (excludes halogenated alkanes) is 1. The topological polar surface area (TPSA) is 44.5 Å². The Hall–Kier alpha value is -1.29. The molecule has 0 fully saturated rings. The van der Waals surface area contributed by atoms with Gasteiger partial charge in [-0.15, -0.1) is 0 Å². The summed E-state index contributed by atoms with van der Waals surface area (Å²) >= 11 is 4.81. The maximum Gasteiger partial charge on any atom is 0.161 e. The van der Waals surface area contributed by atoms with Gasteiger partial charge in [0.1, 0.15) is 0 Å². The van der Waals surface area contributed by atoms with E-state index in [4.69, 9.17) is 27.4 Å². The van der Waals surface area contributed by atoms with Gasteiger partial charge in [0.05, 0.1) is 18.2 Å². The van der Waals surface area contributed by atoms with Gasteiger partial charge in [-0.1, -0.05) is 24.4 Å². The molecule has 17 heavy (non-hydrogen) atoms. The van der Waals surface area contributed by atoms with Crippen LogP contribution in [0.4, 0.5) is 0 Å². The lowest BCUT2D eigenvalue weighted by Crippen LogP contribution is -2.08. The molecule has 0 bridgehead atoms. The molecule has 1 aromatic carbocycles. The summed E-state index contributed by atoms with van der Waals surface area (Å²) in [5.74, 6) is 1.59. The van der Waals surface area contributed by atoms with Gasteiger partial charge in [0.25, 0.3) is 0 Å². The molecule has 0 heterocycles. The Labute approximate surface area is 108 Å². The number of hydrogen-bond acceptors (Lipinski definition) is 3. The van der Waals surface area contributed by atoms with Crippen molar-refractivity contribution in [1.82, 2.24) is 0 Å². The summed E-state index contributed by atoms with van der Waals surface area (Å²) in [5, 5.41) is 0. The Morgan fingerprint density at radius 2 is 1.82 bits per heavy atom.